The van der Waals surface area contributed by atoms with Crippen LogP contribution in [-0.4, -0.2) is 26.9 Å². The summed E-state index contributed by atoms with van der Waals surface area (Å²) < 4.78 is 40.4. The van der Waals surface area contributed by atoms with Crippen LogP contribution in [0, 0.1) is 0 Å². The van der Waals surface area contributed by atoms with Gasteiger partial charge in [-0.05, 0) is 23.8 Å². The fourth-order valence-electron chi connectivity index (χ4n) is 2.58. The van der Waals surface area contributed by atoms with E-state index in [0.29, 0.717) is 15.6 Å². The number of nitrogen functional groups attached to an aromatic ring is 1. The lowest BCUT2D eigenvalue weighted by Gasteiger charge is -2.26. The molecular formula is C15H12Cl2F3N5O. The van der Waals surface area contributed by atoms with Crippen LogP contribution in [0.5, 0.6) is 0 Å². The summed E-state index contributed by atoms with van der Waals surface area (Å²) >= 11 is 12.0. The Hall–Kier alpha value is -2.23. The van der Waals surface area contributed by atoms with Gasteiger partial charge in [0.1, 0.15) is 0 Å². The van der Waals surface area contributed by atoms with Crippen molar-refractivity contribution in [3.8, 4) is 0 Å². The minimum absolute atomic E-state index is 0.0642. The van der Waals surface area contributed by atoms with Gasteiger partial charge in [-0.15, -0.1) is 0 Å². The third kappa shape index (κ3) is 3.50. The molecule has 1 aliphatic heterocycles. The van der Waals surface area contributed by atoms with Crippen LogP contribution in [0.15, 0.2) is 24.4 Å². The highest BCUT2D eigenvalue weighted by molar-refractivity contribution is 6.35. The van der Waals surface area contributed by atoms with Gasteiger partial charge in [0.25, 0.3) is 5.91 Å². The Morgan fingerprint density at radius 1 is 1.35 bits per heavy atom. The molecule has 6 nitrogen and oxygen atoms in total. The molecule has 0 fully saturated rings. The fraction of sp³-hybridized carbons (Fsp3) is 0.200. The summed E-state index contributed by atoms with van der Waals surface area (Å²) in [4.78, 5) is 12.1. The first kappa shape index (κ1) is 18.6. The summed E-state index contributed by atoms with van der Waals surface area (Å²) in [7, 11) is 0. The monoisotopic (exact) mass is 405 g/mol. The first-order valence-electron chi connectivity index (χ1n) is 7.27. The Bertz CT molecular complexity index is 894. The summed E-state index contributed by atoms with van der Waals surface area (Å²) in [6.45, 7) is -0.429. The Morgan fingerprint density at radius 3 is 2.69 bits per heavy atom. The van der Waals surface area contributed by atoms with Gasteiger partial charge in [-0.25, -0.2) is 5.84 Å². The second kappa shape index (κ2) is 6.82. The van der Waals surface area contributed by atoms with Crippen LogP contribution in [0.3, 0.4) is 0 Å². The highest BCUT2D eigenvalue weighted by Gasteiger charge is 2.38. The number of carbonyl (C=O) groups is 1. The second-order valence-electron chi connectivity index (χ2n) is 5.49. The van der Waals surface area contributed by atoms with Crippen LogP contribution < -0.4 is 11.3 Å². The number of aromatic nitrogens is 2. The van der Waals surface area contributed by atoms with Crippen molar-refractivity contribution in [1.82, 2.24) is 20.1 Å². The van der Waals surface area contributed by atoms with Crippen molar-refractivity contribution in [3.05, 3.63) is 57.0 Å². The normalized spacial score (nSPS) is 13.7. The summed E-state index contributed by atoms with van der Waals surface area (Å²) in [5.74, 6) is 4.44. The Balaban J connectivity index is 2.04. The van der Waals surface area contributed by atoms with Crippen molar-refractivity contribution in [2.45, 2.75) is 19.4 Å². The van der Waals surface area contributed by atoms with Crippen LogP contribution in [0.25, 0.3) is 6.08 Å². The van der Waals surface area contributed by atoms with Gasteiger partial charge in [-0.2, -0.15) is 18.3 Å². The van der Waals surface area contributed by atoms with E-state index in [4.69, 9.17) is 29.0 Å². The fourth-order valence-corrected chi connectivity index (χ4v) is 3.05. The van der Waals surface area contributed by atoms with Gasteiger partial charge >= 0.3 is 6.30 Å². The number of hydrazine groups is 1. The zero-order valence-corrected chi connectivity index (χ0v) is 14.5. The maximum absolute atomic E-state index is 13.0. The van der Waals surface area contributed by atoms with Crippen LogP contribution in [0.1, 0.15) is 27.3 Å². The second-order valence-corrected chi connectivity index (χ2v) is 6.33. The molecule has 2 aromatic rings. The number of benzene rings is 1. The molecule has 1 aliphatic rings. The molecule has 26 heavy (non-hydrogen) atoms. The molecule has 1 aromatic carbocycles. The predicted molar refractivity (Wildman–Crippen MR) is 90.1 cm³/mol. The lowest BCUT2D eigenvalue weighted by Crippen LogP contribution is -2.35. The largest absolute Gasteiger partial charge is 0.484 e. The lowest BCUT2D eigenvalue weighted by atomic mass is 10.1. The predicted octanol–water partition coefficient (Wildman–Crippen LogP) is 3.15. The number of fused-ring (bicyclic) bond motifs is 1. The van der Waals surface area contributed by atoms with E-state index in [-0.39, 0.29) is 28.4 Å². The lowest BCUT2D eigenvalue weighted by molar-refractivity contribution is -0.231. The Morgan fingerprint density at radius 2 is 2.08 bits per heavy atom. The number of nitrogens with one attached hydrogen (secondary N) is 1. The van der Waals surface area contributed by atoms with Gasteiger partial charge in [0.05, 0.1) is 18.8 Å². The van der Waals surface area contributed by atoms with Crippen molar-refractivity contribution in [3.63, 3.8) is 0 Å². The number of alkyl halides is 3. The molecule has 0 unspecified atom stereocenters. The van der Waals surface area contributed by atoms with Gasteiger partial charge in [-0.3, -0.25) is 19.8 Å². The molecular weight excluding hydrogens is 394 g/mol. The molecule has 0 bridgehead atoms. The van der Waals surface area contributed by atoms with Crippen LogP contribution in [-0.2, 0) is 13.1 Å². The third-order valence-electron chi connectivity index (χ3n) is 3.85. The molecule has 0 atom stereocenters. The minimum Gasteiger partial charge on any atom is -0.289 e. The quantitative estimate of drug-likeness (QED) is 0.356. The highest BCUT2D eigenvalue weighted by Crippen LogP contribution is 2.32. The van der Waals surface area contributed by atoms with E-state index in [9.17, 15) is 18.0 Å². The number of rotatable bonds is 3. The topological polar surface area (TPSA) is 76.2 Å². The maximum atomic E-state index is 13.0. The number of nitrogens with two attached hydrogens (primary N) is 1. The summed E-state index contributed by atoms with van der Waals surface area (Å²) in [6.07, 6.45) is -2.52. The van der Waals surface area contributed by atoms with E-state index in [1.165, 1.54) is 16.8 Å². The number of hydrogen-bond acceptors (Lipinski definition) is 4. The van der Waals surface area contributed by atoms with E-state index < -0.39 is 18.8 Å². The van der Waals surface area contributed by atoms with Crippen molar-refractivity contribution in [2.24, 2.45) is 5.84 Å². The molecule has 0 spiro atoms. The van der Waals surface area contributed by atoms with Crippen molar-refractivity contribution >= 4 is 35.2 Å². The summed E-state index contributed by atoms with van der Waals surface area (Å²) in [6, 6.07) is 4.76. The molecule has 138 valence electrons. The van der Waals surface area contributed by atoms with Crippen LogP contribution in [0.2, 0.25) is 10.0 Å². The van der Waals surface area contributed by atoms with Crippen molar-refractivity contribution < 1.29 is 18.0 Å². The highest BCUT2D eigenvalue weighted by atomic mass is 35.5. The number of hydrogen-bond donors (Lipinski definition) is 2. The summed E-state index contributed by atoms with van der Waals surface area (Å²) in [5.41, 5.74) is 2.96. The zero-order valence-electron chi connectivity index (χ0n) is 13.0. The molecule has 0 radical (unpaired) electrons. The molecule has 2 heterocycles. The van der Waals surface area contributed by atoms with Gasteiger partial charge in [0, 0.05) is 21.8 Å². The van der Waals surface area contributed by atoms with Gasteiger partial charge in [-0.1, -0.05) is 29.3 Å². The number of halogens is 5. The van der Waals surface area contributed by atoms with E-state index >= 15 is 0 Å². The minimum atomic E-state index is -4.56. The average Bonchev–Trinajstić information content (AvgIpc) is 2.94. The van der Waals surface area contributed by atoms with E-state index in [2.05, 4.69) is 5.10 Å². The van der Waals surface area contributed by atoms with Gasteiger partial charge < -0.3 is 0 Å². The van der Waals surface area contributed by atoms with Gasteiger partial charge in [0.2, 0.25) is 0 Å². The molecule has 11 heteroatoms. The molecule has 1 aromatic heterocycles. The van der Waals surface area contributed by atoms with E-state index in [1.807, 2.05) is 5.43 Å². The molecule has 0 aliphatic carbocycles. The number of carbonyl (C=O) groups excluding carboxylic acids is 1. The zero-order chi connectivity index (χ0) is 19.1. The molecule has 3 rings (SSSR count). The van der Waals surface area contributed by atoms with Crippen LogP contribution in [0.4, 0.5) is 13.2 Å². The third-order valence-corrected chi connectivity index (χ3v) is 4.43. The smallest absolute Gasteiger partial charge is 0.289 e. The first-order chi connectivity index (χ1) is 12.2. The molecule has 3 N–H and O–H groups in total. The standard InChI is InChI=1S/C15H12Cl2F3N5O/c16-9-2-1-8(11(17)5-9)6-25-12-7-24(15(18,19)20)4-3-10(12)13(23-25)14(26)22-21/h1-5H,6-7,21H2,(H,22,26). The van der Waals surface area contributed by atoms with E-state index in [1.54, 1.807) is 12.1 Å². The average molecular weight is 406 g/mol. The van der Waals surface area contributed by atoms with E-state index in [0.717, 1.165) is 6.20 Å². The molecule has 1 amide bonds. The Kier molecular flexibility index (Phi) is 4.87. The van der Waals surface area contributed by atoms with Crippen molar-refractivity contribution in [1.29, 1.82) is 0 Å². The van der Waals surface area contributed by atoms with Gasteiger partial charge in [0.15, 0.2) is 5.69 Å². The number of amides is 1. The maximum Gasteiger partial charge on any atom is 0.484 e. The first-order valence-corrected chi connectivity index (χ1v) is 8.02. The molecule has 0 saturated heterocycles. The van der Waals surface area contributed by atoms with Crippen molar-refractivity contribution in [2.75, 3.05) is 0 Å². The number of nitrogens with zero attached hydrogens (tertiary/aromatic N) is 3. The Labute approximate surface area is 155 Å². The summed E-state index contributed by atoms with van der Waals surface area (Å²) in [5, 5.41) is 4.89. The SMILES string of the molecule is NNC(=O)c1nn(Cc2ccc(Cl)cc2Cl)c2c1C=CN(C(F)(F)F)C2. The van der Waals surface area contributed by atoms with Crippen LogP contribution >= 0.6 is 23.2 Å². The molecule has 0 saturated carbocycles.